The molecule has 1 amide bonds. The van der Waals surface area contributed by atoms with E-state index in [9.17, 15) is 23.5 Å². The molecule has 0 aromatic heterocycles. The largest absolute Gasteiger partial charge is 0.573 e. The van der Waals surface area contributed by atoms with Gasteiger partial charge in [-0.25, -0.2) is 4.99 Å². The summed E-state index contributed by atoms with van der Waals surface area (Å²) in [4.78, 5) is 25.5. The molecule has 0 unspecified atom stereocenters. The second kappa shape index (κ2) is 16.5. The Hall–Kier alpha value is -6.21. The lowest BCUT2D eigenvalue weighted by Crippen LogP contribution is -2.50. The van der Waals surface area contributed by atoms with Gasteiger partial charge in [0.25, 0.3) is 5.91 Å². The molecule has 0 radical (unpaired) electrons. The van der Waals surface area contributed by atoms with Gasteiger partial charge in [-0.2, -0.15) is 0 Å². The molecule has 0 spiro atoms. The maximum atomic E-state index is 14.7. The SMILES string of the molecule is [N-]=[N+]=NCc1ccccc1[C@H]1OC(c2ccc(OCCCO)cc2)=N[C@@]1(Cc1ccccc1N=[N+]=[N-])C(=O)NCc1ccc(OC(F)(F)F)cc1. The fraction of sp³-hybridized carbons (Fsp3) is 0.257. The van der Waals surface area contributed by atoms with E-state index in [1.54, 1.807) is 72.8 Å². The highest BCUT2D eigenvalue weighted by atomic mass is 19.4. The second-order valence-electron chi connectivity index (χ2n) is 11.2. The first-order valence-corrected chi connectivity index (χ1v) is 15.6. The van der Waals surface area contributed by atoms with Crippen molar-refractivity contribution >= 4 is 17.5 Å². The Kier molecular flexibility index (Phi) is 11.6. The predicted octanol–water partition coefficient (Wildman–Crippen LogP) is 7.91. The molecule has 4 aromatic rings. The number of aliphatic hydroxyl groups excluding tert-OH is 1. The molecule has 13 nitrogen and oxygen atoms in total. The highest BCUT2D eigenvalue weighted by molar-refractivity contribution is 6.01. The first-order valence-electron chi connectivity index (χ1n) is 15.6. The molecule has 5 rings (SSSR count). The van der Waals surface area contributed by atoms with Crippen LogP contribution in [0, 0.1) is 0 Å². The van der Waals surface area contributed by atoms with E-state index in [4.69, 9.17) is 25.1 Å². The van der Waals surface area contributed by atoms with Crippen molar-refractivity contribution in [2.75, 3.05) is 13.2 Å². The maximum absolute atomic E-state index is 14.7. The van der Waals surface area contributed by atoms with Crippen molar-refractivity contribution < 1.29 is 37.3 Å². The number of carbonyl (C=O) groups excluding carboxylic acids is 1. The molecule has 2 atom stereocenters. The van der Waals surface area contributed by atoms with Crippen LogP contribution in [0.4, 0.5) is 18.9 Å². The Morgan fingerprint density at radius 1 is 0.941 bits per heavy atom. The molecule has 1 aliphatic rings. The number of ether oxygens (including phenoxy) is 3. The van der Waals surface area contributed by atoms with E-state index in [1.807, 2.05) is 0 Å². The van der Waals surface area contributed by atoms with Gasteiger partial charge >= 0.3 is 6.36 Å². The molecule has 0 aliphatic carbocycles. The third-order valence-corrected chi connectivity index (χ3v) is 7.89. The van der Waals surface area contributed by atoms with E-state index in [-0.39, 0.29) is 37.7 Å². The summed E-state index contributed by atoms with van der Waals surface area (Å²) in [5.74, 6) is -0.355. The number of alkyl halides is 3. The number of carbonyl (C=O) groups is 1. The Bertz CT molecular complexity index is 1960. The molecule has 0 saturated heterocycles. The van der Waals surface area contributed by atoms with Crippen LogP contribution in [0.2, 0.25) is 0 Å². The smallest absolute Gasteiger partial charge is 0.494 e. The normalized spacial score (nSPS) is 16.5. The van der Waals surface area contributed by atoms with Crippen molar-refractivity contribution in [2.45, 2.75) is 43.9 Å². The zero-order valence-electron chi connectivity index (χ0n) is 26.9. The van der Waals surface area contributed by atoms with Crippen molar-refractivity contribution in [3.63, 3.8) is 0 Å². The van der Waals surface area contributed by atoms with E-state index in [2.05, 4.69) is 30.1 Å². The Morgan fingerprint density at radius 3 is 2.31 bits per heavy atom. The van der Waals surface area contributed by atoms with Gasteiger partial charge in [0, 0.05) is 47.1 Å². The number of rotatable bonds is 15. The molecule has 262 valence electrons. The number of hydrogen-bond donors (Lipinski definition) is 2. The Labute approximate surface area is 289 Å². The minimum Gasteiger partial charge on any atom is -0.494 e. The second-order valence-corrected chi connectivity index (χ2v) is 11.2. The van der Waals surface area contributed by atoms with Crippen molar-refractivity contribution in [3.05, 3.63) is 146 Å². The van der Waals surface area contributed by atoms with Crippen LogP contribution in [0.15, 0.2) is 112 Å². The van der Waals surface area contributed by atoms with Gasteiger partial charge in [0.2, 0.25) is 5.90 Å². The molecular formula is C35H31F3N8O5. The topological polar surface area (TPSA) is 187 Å². The van der Waals surface area contributed by atoms with E-state index in [1.165, 1.54) is 12.1 Å². The molecule has 16 heteroatoms. The van der Waals surface area contributed by atoms with Gasteiger partial charge in [-0.05, 0) is 69.7 Å². The number of amides is 1. The summed E-state index contributed by atoms with van der Waals surface area (Å²) in [5, 5.41) is 19.5. The van der Waals surface area contributed by atoms with Crippen molar-refractivity contribution in [1.29, 1.82) is 0 Å². The lowest BCUT2D eigenvalue weighted by molar-refractivity contribution is -0.274. The molecule has 4 aromatic carbocycles. The van der Waals surface area contributed by atoms with Gasteiger partial charge in [-0.15, -0.1) is 13.2 Å². The van der Waals surface area contributed by atoms with Crippen LogP contribution in [-0.4, -0.2) is 42.0 Å². The van der Waals surface area contributed by atoms with Gasteiger partial charge in [0.15, 0.2) is 11.6 Å². The van der Waals surface area contributed by atoms with Gasteiger partial charge < -0.3 is 24.6 Å². The van der Waals surface area contributed by atoms with Gasteiger partial charge in [0.05, 0.1) is 13.2 Å². The molecule has 0 saturated carbocycles. The zero-order valence-corrected chi connectivity index (χ0v) is 26.9. The van der Waals surface area contributed by atoms with Crippen LogP contribution in [0.3, 0.4) is 0 Å². The summed E-state index contributed by atoms with van der Waals surface area (Å²) in [7, 11) is 0. The summed E-state index contributed by atoms with van der Waals surface area (Å²) >= 11 is 0. The highest BCUT2D eigenvalue weighted by Gasteiger charge is 2.54. The molecular weight excluding hydrogens is 669 g/mol. The third kappa shape index (κ3) is 9.08. The fourth-order valence-corrected chi connectivity index (χ4v) is 5.54. The first kappa shape index (κ1) is 36.1. The van der Waals surface area contributed by atoms with Gasteiger partial charge in [0.1, 0.15) is 11.5 Å². The average Bonchev–Trinajstić information content (AvgIpc) is 3.51. The zero-order chi connectivity index (χ0) is 36.3. The summed E-state index contributed by atoms with van der Waals surface area (Å²) < 4.78 is 54.3. The Morgan fingerprint density at radius 2 is 1.63 bits per heavy atom. The summed E-state index contributed by atoms with van der Waals surface area (Å²) in [5.41, 5.74) is 19.5. The standard InChI is InChI=1S/C35H31F3N8O5/c36-35(37,38)51-28-14-10-23(11-15-28)21-41-33(48)34(20-25-6-2-4-9-30(25)44-46-40)31(29-8-3-1-7-26(29)22-42-45-39)50-32(43-34)24-12-16-27(17-13-24)49-19-5-18-47/h1-4,6-17,31,47H,5,18-22H2,(H,41,48)/t31-,34-/m1/s1. The molecule has 1 aliphatic heterocycles. The number of aliphatic hydroxyl groups is 1. The van der Waals surface area contributed by atoms with Crippen LogP contribution >= 0.6 is 0 Å². The monoisotopic (exact) mass is 700 g/mol. The maximum Gasteiger partial charge on any atom is 0.573 e. The molecule has 1 heterocycles. The number of benzene rings is 4. The van der Waals surface area contributed by atoms with Crippen LogP contribution in [0.1, 0.15) is 40.3 Å². The number of nitrogens with one attached hydrogen (secondary N) is 1. The number of nitrogens with zero attached hydrogens (tertiary/aromatic N) is 7. The minimum absolute atomic E-state index is 0.0178. The predicted molar refractivity (Wildman–Crippen MR) is 180 cm³/mol. The van der Waals surface area contributed by atoms with Crippen LogP contribution < -0.4 is 14.8 Å². The summed E-state index contributed by atoms with van der Waals surface area (Å²) in [6.07, 6.45) is -5.61. The van der Waals surface area contributed by atoms with Crippen LogP contribution in [0.5, 0.6) is 11.5 Å². The molecule has 2 N–H and O–H groups in total. The van der Waals surface area contributed by atoms with E-state index in [0.29, 0.717) is 46.6 Å². The average molecular weight is 701 g/mol. The fourth-order valence-electron chi connectivity index (χ4n) is 5.54. The highest BCUT2D eigenvalue weighted by Crippen LogP contribution is 2.45. The van der Waals surface area contributed by atoms with Gasteiger partial charge in [-0.1, -0.05) is 70.9 Å². The summed E-state index contributed by atoms with van der Waals surface area (Å²) in [6, 6.07) is 25.6. The number of halogens is 3. The van der Waals surface area contributed by atoms with Crippen molar-refractivity contribution in [1.82, 2.24) is 5.32 Å². The molecule has 0 fully saturated rings. The van der Waals surface area contributed by atoms with Gasteiger partial charge in [-0.3, -0.25) is 4.79 Å². The van der Waals surface area contributed by atoms with E-state index < -0.39 is 29.7 Å². The third-order valence-electron chi connectivity index (χ3n) is 7.89. The first-order chi connectivity index (χ1) is 24.7. The van der Waals surface area contributed by atoms with E-state index >= 15 is 0 Å². The van der Waals surface area contributed by atoms with Crippen molar-refractivity contribution in [3.8, 4) is 11.5 Å². The Balaban J connectivity index is 1.60. The van der Waals surface area contributed by atoms with Crippen LogP contribution in [0.25, 0.3) is 20.9 Å². The van der Waals surface area contributed by atoms with Crippen molar-refractivity contribution in [2.24, 2.45) is 15.2 Å². The minimum atomic E-state index is -4.86. The quantitative estimate of drug-likeness (QED) is 0.0551. The number of hydrogen-bond acceptors (Lipinski definition) is 8. The lowest BCUT2D eigenvalue weighted by Gasteiger charge is -2.32. The number of azide groups is 2. The molecule has 0 bridgehead atoms. The van der Waals surface area contributed by atoms with Crippen LogP contribution in [-0.2, 0) is 29.0 Å². The summed E-state index contributed by atoms with van der Waals surface area (Å²) in [6.45, 7) is 0.142. The lowest BCUT2D eigenvalue weighted by atomic mass is 9.80. The molecule has 51 heavy (non-hydrogen) atoms. The number of aliphatic imine (C=N–C) groups is 1. The van der Waals surface area contributed by atoms with E-state index in [0.717, 1.165) is 12.1 Å².